The second kappa shape index (κ2) is 6.38. The van der Waals surface area contributed by atoms with Gasteiger partial charge in [0.05, 0.1) is 0 Å². The zero-order chi connectivity index (χ0) is 14.7. The van der Waals surface area contributed by atoms with Crippen molar-refractivity contribution in [2.45, 2.75) is 26.3 Å². The van der Waals surface area contributed by atoms with E-state index < -0.39 is 0 Å². The lowest BCUT2D eigenvalue weighted by atomic mass is 9.95. The average molecular weight is 292 g/mol. The Morgan fingerprint density at radius 1 is 1.15 bits per heavy atom. The highest BCUT2D eigenvalue weighted by atomic mass is 35.5. The van der Waals surface area contributed by atoms with Gasteiger partial charge in [-0.1, -0.05) is 35.4 Å². The van der Waals surface area contributed by atoms with E-state index in [1.54, 1.807) is 6.07 Å². The molecule has 0 spiro atoms. The maximum atomic E-state index is 13.4. The molecule has 3 heteroatoms. The molecule has 0 amide bonds. The third-order valence-corrected chi connectivity index (χ3v) is 3.95. The normalized spacial score (nSPS) is 12.4. The van der Waals surface area contributed by atoms with Gasteiger partial charge in [0.25, 0.3) is 0 Å². The second-order valence-electron chi connectivity index (χ2n) is 5.14. The van der Waals surface area contributed by atoms with E-state index in [0.29, 0.717) is 5.02 Å². The molecule has 106 valence electrons. The van der Waals surface area contributed by atoms with E-state index in [9.17, 15) is 4.39 Å². The van der Waals surface area contributed by atoms with Crippen LogP contribution < -0.4 is 5.32 Å². The first-order chi connectivity index (χ1) is 9.51. The summed E-state index contributed by atoms with van der Waals surface area (Å²) in [7, 11) is 1.87. The third kappa shape index (κ3) is 3.38. The van der Waals surface area contributed by atoms with Crippen molar-refractivity contribution in [3.8, 4) is 0 Å². The molecule has 1 unspecified atom stereocenters. The van der Waals surface area contributed by atoms with Gasteiger partial charge in [0.1, 0.15) is 5.82 Å². The van der Waals surface area contributed by atoms with Crippen LogP contribution in [-0.4, -0.2) is 7.05 Å². The van der Waals surface area contributed by atoms with Crippen molar-refractivity contribution in [3.05, 3.63) is 69.5 Å². The van der Waals surface area contributed by atoms with Crippen LogP contribution in [0.15, 0.2) is 36.4 Å². The predicted molar refractivity (Wildman–Crippen MR) is 82.8 cm³/mol. The molecule has 0 aliphatic heterocycles. The van der Waals surface area contributed by atoms with Crippen LogP contribution in [0.4, 0.5) is 4.39 Å². The molecule has 0 aliphatic carbocycles. The number of likely N-dealkylation sites (N-methyl/N-ethyl adjacent to an activating group) is 1. The molecule has 0 saturated heterocycles. The largest absolute Gasteiger partial charge is 0.313 e. The summed E-state index contributed by atoms with van der Waals surface area (Å²) < 4.78 is 13.4. The number of hydrogen-bond acceptors (Lipinski definition) is 1. The lowest BCUT2D eigenvalue weighted by molar-refractivity contribution is 0.576. The van der Waals surface area contributed by atoms with Gasteiger partial charge in [-0.2, -0.15) is 0 Å². The van der Waals surface area contributed by atoms with Crippen molar-refractivity contribution in [1.82, 2.24) is 5.32 Å². The van der Waals surface area contributed by atoms with Crippen molar-refractivity contribution < 1.29 is 4.39 Å². The molecule has 0 saturated carbocycles. The van der Waals surface area contributed by atoms with E-state index in [1.165, 1.54) is 28.8 Å². The monoisotopic (exact) mass is 291 g/mol. The first-order valence-electron chi connectivity index (χ1n) is 6.69. The third-order valence-electron chi connectivity index (χ3n) is 3.61. The van der Waals surface area contributed by atoms with Crippen molar-refractivity contribution in [1.29, 1.82) is 0 Å². The number of rotatable bonds is 4. The SMILES string of the molecule is CNC(Cc1cc(C)ccc1C)c1cc(F)ccc1Cl. The Morgan fingerprint density at radius 3 is 2.60 bits per heavy atom. The highest BCUT2D eigenvalue weighted by Gasteiger charge is 2.15. The summed E-state index contributed by atoms with van der Waals surface area (Å²) in [5.74, 6) is -0.259. The maximum absolute atomic E-state index is 13.4. The number of nitrogens with one attached hydrogen (secondary N) is 1. The van der Waals surface area contributed by atoms with E-state index in [4.69, 9.17) is 11.6 Å². The first kappa shape index (κ1) is 15.0. The molecule has 1 N–H and O–H groups in total. The fourth-order valence-electron chi connectivity index (χ4n) is 2.39. The van der Waals surface area contributed by atoms with Crippen LogP contribution in [0, 0.1) is 19.7 Å². The first-order valence-corrected chi connectivity index (χ1v) is 7.07. The molecule has 2 rings (SSSR count). The fourth-order valence-corrected chi connectivity index (χ4v) is 2.64. The van der Waals surface area contributed by atoms with Crippen LogP contribution in [0.2, 0.25) is 5.02 Å². The molecule has 0 aliphatic rings. The van der Waals surface area contributed by atoms with E-state index >= 15 is 0 Å². The zero-order valence-electron chi connectivity index (χ0n) is 12.0. The highest BCUT2D eigenvalue weighted by Crippen LogP contribution is 2.27. The Labute approximate surface area is 124 Å². The lowest BCUT2D eigenvalue weighted by Gasteiger charge is -2.19. The molecule has 1 atom stereocenters. The smallest absolute Gasteiger partial charge is 0.123 e. The molecule has 0 fully saturated rings. The minimum absolute atomic E-state index is 0.00120. The van der Waals surface area contributed by atoms with Gasteiger partial charge in [-0.05, 0) is 62.2 Å². The van der Waals surface area contributed by atoms with Gasteiger partial charge in [0, 0.05) is 11.1 Å². The van der Waals surface area contributed by atoms with Crippen LogP contribution >= 0.6 is 11.6 Å². The van der Waals surface area contributed by atoms with E-state index in [0.717, 1.165) is 12.0 Å². The number of halogens is 2. The minimum Gasteiger partial charge on any atom is -0.313 e. The van der Waals surface area contributed by atoms with Crippen LogP contribution in [0.5, 0.6) is 0 Å². The predicted octanol–water partition coefficient (Wildman–Crippen LogP) is 4.60. The minimum atomic E-state index is -0.259. The molecular weight excluding hydrogens is 273 g/mol. The second-order valence-corrected chi connectivity index (χ2v) is 5.55. The number of hydrogen-bond donors (Lipinski definition) is 1. The van der Waals surface area contributed by atoms with E-state index in [1.807, 2.05) is 7.05 Å². The summed E-state index contributed by atoms with van der Waals surface area (Å²) in [6.07, 6.45) is 0.785. The molecule has 20 heavy (non-hydrogen) atoms. The molecule has 0 bridgehead atoms. The van der Waals surface area contributed by atoms with Crippen LogP contribution in [-0.2, 0) is 6.42 Å². The van der Waals surface area contributed by atoms with Gasteiger partial charge in [0.2, 0.25) is 0 Å². The molecular formula is C17H19ClFN. The van der Waals surface area contributed by atoms with Crippen molar-refractivity contribution in [2.24, 2.45) is 0 Å². The summed E-state index contributed by atoms with van der Waals surface area (Å²) in [6, 6.07) is 10.9. The molecule has 1 nitrogen and oxygen atoms in total. The molecule has 0 aromatic heterocycles. The Morgan fingerprint density at radius 2 is 1.90 bits per heavy atom. The van der Waals surface area contributed by atoms with Crippen molar-refractivity contribution in [3.63, 3.8) is 0 Å². The van der Waals surface area contributed by atoms with Gasteiger partial charge in [-0.3, -0.25) is 0 Å². The molecule has 0 radical (unpaired) electrons. The van der Waals surface area contributed by atoms with Gasteiger partial charge < -0.3 is 5.32 Å². The Balaban J connectivity index is 2.33. The summed E-state index contributed by atoms with van der Waals surface area (Å²) >= 11 is 6.20. The fraction of sp³-hybridized carbons (Fsp3) is 0.294. The zero-order valence-corrected chi connectivity index (χ0v) is 12.8. The van der Waals surface area contributed by atoms with Crippen LogP contribution in [0.3, 0.4) is 0 Å². The van der Waals surface area contributed by atoms with Crippen molar-refractivity contribution >= 4 is 11.6 Å². The molecule has 2 aromatic carbocycles. The number of aryl methyl sites for hydroxylation is 2. The van der Waals surface area contributed by atoms with Gasteiger partial charge >= 0.3 is 0 Å². The Hall–Kier alpha value is -1.38. The average Bonchev–Trinajstić information content (AvgIpc) is 2.42. The summed E-state index contributed by atoms with van der Waals surface area (Å²) in [5, 5.41) is 3.82. The maximum Gasteiger partial charge on any atom is 0.123 e. The number of benzene rings is 2. The lowest BCUT2D eigenvalue weighted by Crippen LogP contribution is -2.20. The standard InChI is InChI=1S/C17H19ClFN/c1-11-4-5-12(2)13(8-11)9-17(20-3)15-10-14(19)6-7-16(15)18/h4-8,10,17,20H,9H2,1-3H3. The Bertz CT molecular complexity index is 610. The van der Waals surface area contributed by atoms with Gasteiger partial charge in [-0.25, -0.2) is 4.39 Å². The quantitative estimate of drug-likeness (QED) is 0.868. The van der Waals surface area contributed by atoms with Gasteiger partial charge in [0.15, 0.2) is 0 Å². The van der Waals surface area contributed by atoms with E-state index in [2.05, 4.69) is 37.4 Å². The van der Waals surface area contributed by atoms with Crippen LogP contribution in [0.1, 0.15) is 28.3 Å². The summed E-state index contributed by atoms with van der Waals surface area (Å²) in [4.78, 5) is 0. The van der Waals surface area contributed by atoms with Gasteiger partial charge in [-0.15, -0.1) is 0 Å². The highest BCUT2D eigenvalue weighted by molar-refractivity contribution is 6.31. The Kier molecular flexibility index (Phi) is 4.79. The summed E-state index contributed by atoms with van der Waals surface area (Å²) in [6.45, 7) is 4.17. The summed E-state index contributed by atoms with van der Waals surface area (Å²) in [5.41, 5.74) is 4.52. The van der Waals surface area contributed by atoms with Crippen LogP contribution in [0.25, 0.3) is 0 Å². The van der Waals surface area contributed by atoms with E-state index in [-0.39, 0.29) is 11.9 Å². The molecule has 0 heterocycles. The molecule has 2 aromatic rings. The topological polar surface area (TPSA) is 12.0 Å². The van der Waals surface area contributed by atoms with Crippen molar-refractivity contribution in [2.75, 3.05) is 7.05 Å².